The number of hydrogen-bond donors (Lipinski definition) is 0. The van der Waals surface area contributed by atoms with Gasteiger partial charge in [0.15, 0.2) is 17.3 Å². The van der Waals surface area contributed by atoms with E-state index in [4.69, 9.17) is 18.6 Å². The number of piperazine rings is 1. The number of ether oxygens (including phenoxy) is 3. The number of esters is 1. The number of amides is 3. The summed E-state index contributed by atoms with van der Waals surface area (Å²) in [4.78, 5) is 59.0. The normalized spacial score (nSPS) is 21.8. The molecule has 11 nitrogen and oxygen atoms in total. The molecule has 3 heterocycles. The fourth-order valence-electron chi connectivity index (χ4n) is 6.67. The van der Waals surface area contributed by atoms with E-state index in [9.17, 15) is 19.2 Å². The van der Waals surface area contributed by atoms with Crippen LogP contribution in [-0.2, 0) is 25.5 Å². The summed E-state index contributed by atoms with van der Waals surface area (Å²) in [5.41, 5.74) is 0.675. The van der Waals surface area contributed by atoms with Gasteiger partial charge >= 0.3 is 5.97 Å². The lowest BCUT2D eigenvalue weighted by Gasteiger charge is -2.48. The third-order valence-electron chi connectivity index (χ3n) is 8.95. The fraction of sp³-hybridized carbons (Fsp3) is 0.515. The predicted molar refractivity (Wildman–Crippen MR) is 160 cm³/mol. The highest BCUT2D eigenvalue weighted by Crippen LogP contribution is 2.50. The average Bonchev–Trinajstić information content (AvgIpc) is 3.60. The Hall–Kier alpha value is -4.28. The van der Waals surface area contributed by atoms with Gasteiger partial charge in [-0.25, -0.2) is 0 Å². The molecule has 236 valence electrons. The zero-order valence-electron chi connectivity index (χ0n) is 25.7. The summed E-state index contributed by atoms with van der Waals surface area (Å²) in [6, 6.07) is 8.94. The molecule has 3 amide bonds. The largest absolute Gasteiger partial charge is 0.493 e. The second-order valence-corrected chi connectivity index (χ2v) is 11.5. The molecular weight excluding hydrogens is 566 g/mol. The molecule has 5 rings (SSSR count). The van der Waals surface area contributed by atoms with Crippen molar-refractivity contribution in [2.45, 2.75) is 45.4 Å². The molecular formula is C33H41N3O8. The lowest BCUT2D eigenvalue weighted by molar-refractivity contribution is -0.162. The standard InChI is InChI=1S/C33H41N3O8/c1-4-43-32(40)33-13-6-5-9-28(33)36(14-12-23-10-11-25(41-2)27(20-23)42-3)30(38)24(22-33)21-29(37)34-15-17-35(18-16-34)31(39)26-8-7-19-44-26/h7-11,19-20,24H,4-6,12-18,21-22H2,1-3H3/t24-,33-/m0/s1. The molecule has 2 aromatic rings. The Kier molecular flexibility index (Phi) is 9.61. The number of nitrogens with zero attached hydrogens (tertiary/aromatic N) is 3. The topological polar surface area (TPSA) is 119 Å². The maximum absolute atomic E-state index is 14.1. The fourth-order valence-corrected chi connectivity index (χ4v) is 6.67. The van der Waals surface area contributed by atoms with Gasteiger partial charge in [0, 0.05) is 50.8 Å². The van der Waals surface area contributed by atoms with Crippen LogP contribution in [0.5, 0.6) is 11.5 Å². The number of likely N-dealkylation sites (tertiary alicyclic amines) is 1. The zero-order valence-corrected chi connectivity index (χ0v) is 25.7. The van der Waals surface area contributed by atoms with E-state index in [-0.39, 0.29) is 48.9 Å². The van der Waals surface area contributed by atoms with Gasteiger partial charge < -0.3 is 33.3 Å². The Balaban J connectivity index is 1.33. The number of furan rings is 1. The molecule has 2 fully saturated rings. The first-order chi connectivity index (χ1) is 21.3. The van der Waals surface area contributed by atoms with Crippen LogP contribution < -0.4 is 9.47 Å². The van der Waals surface area contributed by atoms with Crippen molar-refractivity contribution in [1.29, 1.82) is 0 Å². The van der Waals surface area contributed by atoms with Crippen LogP contribution in [0.25, 0.3) is 0 Å². The minimum absolute atomic E-state index is 0.00768. The van der Waals surface area contributed by atoms with Gasteiger partial charge in [0.2, 0.25) is 11.8 Å². The number of methoxy groups -OCH3 is 2. The molecule has 0 spiro atoms. The zero-order chi connectivity index (χ0) is 31.3. The third kappa shape index (κ3) is 6.18. The van der Waals surface area contributed by atoms with E-state index < -0.39 is 11.3 Å². The molecule has 3 aliphatic rings. The molecule has 0 unspecified atom stereocenters. The van der Waals surface area contributed by atoms with E-state index >= 15 is 0 Å². The Morgan fingerprint density at radius 2 is 1.77 bits per heavy atom. The van der Waals surface area contributed by atoms with Crippen molar-refractivity contribution < 1.29 is 37.8 Å². The maximum Gasteiger partial charge on any atom is 0.318 e. The van der Waals surface area contributed by atoms with Gasteiger partial charge in [-0.15, -0.1) is 0 Å². The Bertz CT molecular complexity index is 1400. The SMILES string of the molecule is CCOC(=O)[C@]12CCCC=C1N(CCc1ccc(OC)c(OC)c1)C(=O)[C@@H](CC(=O)N1CCN(C(=O)c3ccco3)CC1)C2. The van der Waals surface area contributed by atoms with Crippen LogP contribution in [0.15, 0.2) is 52.8 Å². The van der Waals surface area contributed by atoms with Crippen LogP contribution in [-0.4, -0.2) is 91.9 Å². The van der Waals surface area contributed by atoms with Crippen molar-refractivity contribution >= 4 is 23.7 Å². The molecule has 2 saturated heterocycles. The van der Waals surface area contributed by atoms with Gasteiger partial charge in [0.05, 0.1) is 27.1 Å². The van der Waals surface area contributed by atoms with Gasteiger partial charge in [0.1, 0.15) is 5.41 Å². The van der Waals surface area contributed by atoms with E-state index in [1.165, 1.54) is 6.26 Å². The van der Waals surface area contributed by atoms with Crippen molar-refractivity contribution in [3.8, 4) is 11.5 Å². The highest BCUT2D eigenvalue weighted by atomic mass is 16.5. The first kappa shape index (κ1) is 31.2. The number of hydrogen-bond acceptors (Lipinski definition) is 8. The van der Waals surface area contributed by atoms with E-state index in [0.29, 0.717) is 62.8 Å². The molecule has 11 heteroatoms. The second kappa shape index (κ2) is 13.6. The quantitative estimate of drug-likeness (QED) is 0.376. The van der Waals surface area contributed by atoms with Crippen molar-refractivity contribution in [3.63, 3.8) is 0 Å². The second-order valence-electron chi connectivity index (χ2n) is 11.5. The molecule has 0 saturated carbocycles. The summed E-state index contributed by atoms with van der Waals surface area (Å²) in [7, 11) is 3.16. The molecule has 0 radical (unpaired) electrons. The molecule has 1 aromatic heterocycles. The first-order valence-corrected chi connectivity index (χ1v) is 15.3. The van der Waals surface area contributed by atoms with Crippen molar-refractivity contribution in [2.24, 2.45) is 11.3 Å². The summed E-state index contributed by atoms with van der Waals surface area (Å²) in [5, 5.41) is 0. The number of benzene rings is 1. The lowest BCUT2D eigenvalue weighted by Crippen LogP contribution is -2.55. The molecule has 0 bridgehead atoms. The number of allylic oxidation sites excluding steroid dienone is 1. The van der Waals surface area contributed by atoms with Crippen LogP contribution in [0, 0.1) is 11.3 Å². The van der Waals surface area contributed by atoms with Crippen LogP contribution in [0.2, 0.25) is 0 Å². The van der Waals surface area contributed by atoms with E-state index in [0.717, 1.165) is 18.4 Å². The number of rotatable bonds is 10. The average molecular weight is 608 g/mol. The Morgan fingerprint density at radius 3 is 2.45 bits per heavy atom. The van der Waals surface area contributed by atoms with Gasteiger partial charge in [-0.3, -0.25) is 19.2 Å². The predicted octanol–water partition coefficient (Wildman–Crippen LogP) is 3.68. The van der Waals surface area contributed by atoms with Crippen molar-refractivity contribution in [2.75, 3.05) is 53.6 Å². The van der Waals surface area contributed by atoms with Crippen LogP contribution in [0.1, 0.15) is 55.1 Å². The number of fused-ring (bicyclic) bond motifs is 1. The summed E-state index contributed by atoms with van der Waals surface area (Å²) in [6.45, 7) is 3.84. The highest BCUT2D eigenvalue weighted by molar-refractivity contribution is 5.93. The maximum atomic E-state index is 14.1. The molecule has 1 aromatic carbocycles. The minimum atomic E-state index is -0.973. The van der Waals surface area contributed by atoms with Gasteiger partial charge in [-0.2, -0.15) is 0 Å². The molecule has 1 aliphatic carbocycles. The number of piperidine rings is 1. The van der Waals surface area contributed by atoms with Crippen LogP contribution in [0.3, 0.4) is 0 Å². The Labute approximate surface area is 257 Å². The first-order valence-electron chi connectivity index (χ1n) is 15.3. The van der Waals surface area contributed by atoms with E-state index in [1.807, 2.05) is 24.3 Å². The molecule has 2 atom stereocenters. The number of carbonyl (C=O) groups is 4. The Morgan fingerprint density at radius 1 is 1.02 bits per heavy atom. The van der Waals surface area contributed by atoms with Crippen molar-refractivity contribution in [1.82, 2.24) is 14.7 Å². The summed E-state index contributed by atoms with van der Waals surface area (Å²) < 4.78 is 21.6. The van der Waals surface area contributed by atoms with E-state index in [2.05, 4.69) is 0 Å². The summed E-state index contributed by atoms with van der Waals surface area (Å²) >= 11 is 0. The van der Waals surface area contributed by atoms with Gasteiger partial charge in [-0.1, -0.05) is 12.1 Å². The minimum Gasteiger partial charge on any atom is -0.493 e. The van der Waals surface area contributed by atoms with E-state index in [1.54, 1.807) is 48.0 Å². The van der Waals surface area contributed by atoms with Crippen molar-refractivity contribution in [3.05, 3.63) is 59.7 Å². The highest BCUT2D eigenvalue weighted by Gasteiger charge is 2.54. The van der Waals surface area contributed by atoms with Gasteiger partial charge in [0.25, 0.3) is 5.91 Å². The van der Waals surface area contributed by atoms with Gasteiger partial charge in [-0.05, 0) is 68.9 Å². The smallest absolute Gasteiger partial charge is 0.318 e. The lowest BCUT2D eigenvalue weighted by atomic mass is 9.66. The number of carbonyl (C=O) groups excluding carboxylic acids is 4. The summed E-state index contributed by atoms with van der Waals surface area (Å²) in [5.74, 6) is -0.0379. The van der Waals surface area contributed by atoms with Crippen LogP contribution >= 0.6 is 0 Å². The molecule has 44 heavy (non-hydrogen) atoms. The summed E-state index contributed by atoms with van der Waals surface area (Å²) in [6.07, 6.45) is 6.35. The molecule has 0 N–H and O–H groups in total. The third-order valence-corrected chi connectivity index (χ3v) is 8.95. The van der Waals surface area contributed by atoms with Crippen LogP contribution in [0.4, 0.5) is 0 Å². The monoisotopic (exact) mass is 607 g/mol. The molecule has 2 aliphatic heterocycles.